The Morgan fingerprint density at radius 3 is 2.70 bits per heavy atom. The number of para-hydroxylation sites is 1. The second kappa shape index (κ2) is 4.98. The van der Waals surface area contributed by atoms with Crippen molar-refractivity contribution < 1.29 is 4.39 Å². The molecule has 100 valence electrons. The third-order valence-electron chi connectivity index (χ3n) is 3.42. The summed E-state index contributed by atoms with van der Waals surface area (Å²) in [6, 6.07) is 10.3. The molecule has 3 aromatic rings. The van der Waals surface area contributed by atoms with Gasteiger partial charge in [0.15, 0.2) is 0 Å². The molecule has 0 fully saturated rings. The normalized spacial score (nSPS) is 12.6. The van der Waals surface area contributed by atoms with Crippen LogP contribution in [0.25, 0.3) is 11.0 Å². The van der Waals surface area contributed by atoms with Gasteiger partial charge in [-0.3, -0.25) is 9.97 Å². The van der Waals surface area contributed by atoms with Crippen LogP contribution < -0.4 is 5.73 Å². The topological polar surface area (TPSA) is 51.8 Å². The van der Waals surface area contributed by atoms with Crippen molar-refractivity contribution in [1.29, 1.82) is 0 Å². The minimum absolute atomic E-state index is 0.246. The van der Waals surface area contributed by atoms with E-state index >= 15 is 0 Å². The summed E-state index contributed by atoms with van der Waals surface area (Å²) in [5.74, 6) is -0.246. The van der Waals surface area contributed by atoms with Gasteiger partial charge in [-0.05, 0) is 30.2 Å². The second-order valence-corrected chi connectivity index (χ2v) is 4.76. The van der Waals surface area contributed by atoms with Crippen LogP contribution >= 0.6 is 0 Å². The second-order valence-electron chi connectivity index (χ2n) is 4.76. The fourth-order valence-corrected chi connectivity index (χ4v) is 2.25. The molecule has 1 heterocycles. The molecule has 20 heavy (non-hydrogen) atoms. The maximum Gasteiger partial charge on any atom is 0.126 e. The van der Waals surface area contributed by atoms with E-state index in [0.717, 1.165) is 22.2 Å². The summed E-state index contributed by atoms with van der Waals surface area (Å²) in [5.41, 5.74) is 9.99. The van der Waals surface area contributed by atoms with Crippen molar-refractivity contribution in [1.82, 2.24) is 9.97 Å². The van der Waals surface area contributed by atoms with Crippen molar-refractivity contribution in [2.24, 2.45) is 5.73 Å². The molecule has 0 bridgehead atoms. The molecule has 1 unspecified atom stereocenters. The fraction of sp³-hybridized carbons (Fsp3) is 0.125. The van der Waals surface area contributed by atoms with E-state index in [9.17, 15) is 4.39 Å². The molecule has 3 rings (SSSR count). The molecule has 0 saturated heterocycles. The highest BCUT2D eigenvalue weighted by atomic mass is 19.1. The van der Waals surface area contributed by atoms with E-state index < -0.39 is 6.04 Å². The average Bonchev–Trinajstić information content (AvgIpc) is 2.49. The molecule has 1 aromatic heterocycles. The Morgan fingerprint density at radius 1 is 1.10 bits per heavy atom. The van der Waals surface area contributed by atoms with Crippen LogP contribution in [0.3, 0.4) is 0 Å². The molecule has 4 heteroatoms. The van der Waals surface area contributed by atoms with Crippen molar-refractivity contribution in [2.75, 3.05) is 0 Å². The van der Waals surface area contributed by atoms with E-state index in [2.05, 4.69) is 9.97 Å². The van der Waals surface area contributed by atoms with Gasteiger partial charge >= 0.3 is 0 Å². The first-order chi connectivity index (χ1) is 9.66. The molecule has 0 spiro atoms. The van der Waals surface area contributed by atoms with E-state index in [4.69, 9.17) is 5.73 Å². The van der Waals surface area contributed by atoms with E-state index in [1.54, 1.807) is 25.4 Å². The SMILES string of the molecule is Cc1ccc(C(N)c2cccc3nccnc23)cc1F. The number of nitrogens with two attached hydrogens (primary N) is 1. The van der Waals surface area contributed by atoms with Gasteiger partial charge in [0, 0.05) is 18.0 Å². The zero-order valence-corrected chi connectivity index (χ0v) is 11.0. The number of aromatic nitrogens is 2. The summed E-state index contributed by atoms with van der Waals surface area (Å²) in [6.45, 7) is 1.73. The Kier molecular flexibility index (Phi) is 3.16. The van der Waals surface area contributed by atoms with Crippen LogP contribution in [0.15, 0.2) is 48.8 Å². The first kappa shape index (κ1) is 12.7. The number of benzene rings is 2. The van der Waals surface area contributed by atoms with Crippen LogP contribution in [0.1, 0.15) is 22.7 Å². The van der Waals surface area contributed by atoms with E-state index in [-0.39, 0.29) is 5.82 Å². The van der Waals surface area contributed by atoms with Crippen LogP contribution in [0.2, 0.25) is 0 Å². The molecule has 3 nitrogen and oxygen atoms in total. The first-order valence-electron chi connectivity index (χ1n) is 6.38. The van der Waals surface area contributed by atoms with Crippen LogP contribution in [-0.2, 0) is 0 Å². The largest absolute Gasteiger partial charge is 0.320 e. The van der Waals surface area contributed by atoms with E-state index in [0.29, 0.717) is 5.56 Å². The summed E-state index contributed by atoms with van der Waals surface area (Å²) >= 11 is 0. The van der Waals surface area contributed by atoms with Crippen molar-refractivity contribution in [2.45, 2.75) is 13.0 Å². The van der Waals surface area contributed by atoms with Gasteiger partial charge in [-0.25, -0.2) is 4.39 Å². The molecule has 0 aliphatic rings. The van der Waals surface area contributed by atoms with Gasteiger partial charge in [0.2, 0.25) is 0 Å². The Hall–Kier alpha value is -2.33. The molecule has 0 radical (unpaired) electrons. The summed E-state index contributed by atoms with van der Waals surface area (Å²) in [6.07, 6.45) is 3.28. The maximum atomic E-state index is 13.7. The summed E-state index contributed by atoms with van der Waals surface area (Å²) in [7, 11) is 0. The van der Waals surface area contributed by atoms with Gasteiger partial charge in [-0.1, -0.05) is 24.3 Å². The van der Waals surface area contributed by atoms with Crippen molar-refractivity contribution in [3.05, 3.63) is 71.3 Å². The van der Waals surface area contributed by atoms with Gasteiger partial charge in [-0.2, -0.15) is 0 Å². The average molecular weight is 267 g/mol. The Labute approximate surface area is 116 Å². The monoisotopic (exact) mass is 267 g/mol. The summed E-state index contributed by atoms with van der Waals surface area (Å²) < 4.78 is 13.7. The molecule has 1 atom stereocenters. The number of halogens is 1. The van der Waals surface area contributed by atoms with E-state index in [1.165, 1.54) is 6.07 Å². The first-order valence-corrected chi connectivity index (χ1v) is 6.38. The predicted molar refractivity (Wildman–Crippen MR) is 76.7 cm³/mol. The zero-order chi connectivity index (χ0) is 14.1. The number of rotatable bonds is 2. The predicted octanol–water partition coefficient (Wildman–Crippen LogP) is 3.13. The Bertz CT molecular complexity index is 765. The standard InChI is InChI=1S/C16H14FN3/c1-10-5-6-11(9-13(10)17)15(18)12-3-2-4-14-16(12)20-8-7-19-14/h2-9,15H,18H2,1H3. The Balaban J connectivity index is 2.12. The number of hydrogen-bond acceptors (Lipinski definition) is 3. The molecular formula is C16H14FN3. The molecule has 0 amide bonds. The zero-order valence-electron chi connectivity index (χ0n) is 11.0. The Morgan fingerprint density at radius 2 is 1.90 bits per heavy atom. The van der Waals surface area contributed by atoms with Gasteiger partial charge in [0.05, 0.1) is 17.1 Å². The summed E-state index contributed by atoms with van der Waals surface area (Å²) in [5, 5.41) is 0. The lowest BCUT2D eigenvalue weighted by molar-refractivity contribution is 0.614. The minimum atomic E-state index is -0.425. The van der Waals surface area contributed by atoms with Crippen LogP contribution in [0, 0.1) is 12.7 Å². The minimum Gasteiger partial charge on any atom is -0.320 e. The van der Waals surface area contributed by atoms with Crippen molar-refractivity contribution in [3.8, 4) is 0 Å². The number of fused-ring (bicyclic) bond motifs is 1. The molecule has 0 saturated carbocycles. The van der Waals surface area contributed by atoms with Gasteiger partial charge in [-0.15, -0.1) is 0 Å². The lowest BCUT2D eigenvalue weighted by Crippen LogP contribution is -2.13. The molecular weight excluding hydrogens is 253 g/mol. The van der Waals surface area contributed by atoms with Crippen LogP contribution in [0.4, 0.5) is 4.39 Å². The summed E-state index contributed by atoms with van der Waals surface area (Å²) in [4.78, 5) is 8.59. The molecule has 0 aliphatic heterocycles. The smallest absolute Gasteiger partial charge is 0.126 e. The van der Waals surface area contributed by atoms with Crippen LogP contribution in [-0.4, -0.2) is 9.97 Å². The third-order valence-corrected chi connectivity index (χ3v) is 3.42. The number of hydrogen-bond donors (Lipinski definition) is 1. The van der Waals surface area contributed by atoms with Crippen molar-refractivity contribution in [3.63, 3.8) is 0 Å². The fourth-order valence-electron chi connectivity index (χ4n) is 2.25. The van der Waals surface area contributed by atoms with Crippen molar-refractivity contribution >= 4 is 11.0 Å². The molecule has 2 aromatic carbocycles. The lowest BCUT2D eigenvalue weighted by Gasteiger charge is -2.14. The highest BCUT2D eigenvalue weighted by molar-refractivity contribution is 5.78. The highest BCUT2D eigenvalue weighted by Crippen LogP contribution is 2.26. The third kappa shape index (κ3) is 2.14. The number of aryl methyl sites for hydroxylation is 1. The highest BCUT2D eigenvalue weighted by Gasteiger charge is 2.14. The van der Waals surface area contributed by atoms with Crippen LogP contribution in [0.5, 0.6) is 0 Å². The lowest BCUT2D eigenvalue weighted by atomic mass is 9.97. The van der Waals surface area contributed by atoms with Gasteiger partial charge in [0.25, 0.3) is 0 Å². The molecule has 2 N–H and O–H groups in total. The quantitative estimate of drug-likeness (QED) is 0.776. The maximum absolute atomic E-state index is 13.7. The van der Waals surface area contributed by atoms with Gasteiger partial charge in [0.1, 0.15) is 5.82 Å². The number of nitrogens with zero attached hydrogens (tertiary/aromatic N) is 2. The molecule has 0 aliphatic carbocycles. The van der Waals surface area contributed by atoms with E-state index in [1.807, 2.05) is 24.3 Å². The van der Waals surface area contributed by atoms with Gasteiger partial charge < -0.3 is 5.73 Å².